The molecule has 0 saturated carbocycles. The fraction of sp³-hybridized carbons (Fsp3) is 1.00. The van der Waals surface area contributed by atoms with Crippen molar-refractivity contribution in [1.29, 1.82) is 0 Å². The van der Waals surface area contributed by atoms with Gasteiger partial charge in [-0.25, -0.2) is 4.67 Å². The summed E-state index contributed by atoms with van der Waals surface area (Å²) < 4.78 is 24.5. The van der Waals surface area contributed by atoms with Crippen LogP contribution in [0.25, 0.3) is 0 Å². The van der Waals surface area contributed by atoms with E-state index < -0.39 is 14.3 Å². The molecule has 0 aromatic carbocycles. The fourth-order valence-electron chi connectivity index (χ4n) is 0.437. The smallest absolute Gasteiger partial charge is 0.345 e. The molecule has 0 amide bonds. The van der Waals surface area contributed by atoms with Gasteiger partial charge in [0.15, 0.2) is 0 Å². The van der Waals surface area contributed by atoms with E-state index in [2.05, 4.69) is 0 Å². The van der Waals surface area contributed by atoms with E-state index in [-0.39, 0.29) is 17.1 Å². The largest absolute Gasteiger partial charge is 0.391 e. The van der Waals surface area contributed by atoms with Gasteiger partial charge < -0.3 is 5.11 Å². The normalized spacial score (nSPS) is 10.7. The molecule has 2 nitrogen and oxygen atoms in total. The predicted octanol–water partition coefficient (Wildman–Crippen LogP) is 3.27. The van der Waals surface area contributed by atoms with Crippen LogP contribution in [-0.2, 0) is 17.1 Å². The molecular weight excluding hydrogens is 259 g/mol. The zero-order valence-electron chi connectivity index (χ0n) is 9.31. The standard InChI is InChI=1S/C4H10F2NP.C4H10O.Cu/c1-3-7(4-2)8(5)6;1-4(2,3)5;/h3-4H2,1-2H3;5H,1-3H3;. The van der Waals surface area contributed by atoms with Crippen molar-refractivity contribution < 1.29 is 30.6 Å². The fourth-order valence-corrected chi connectivity index (χ4v) is 0.865. The zero-order valence-corrected chi connectivity index (χ0v) is 11.1. The number of aliphatic hydroxyl groups is 1. The molecule has 6 heteroatoms. The van der Waals surface area contributed by atoms with Crippen LogP contribution < -0.4 is 0 Å². The third-order valence-electron chi connectivity index (χ3n) is 0.944. The van der Waals surface area contributed by atoms with E-state index >= 15 is 0 Å². The summed E-state index contributed by atoms with van der Waals surface area (Å²) in [6.07, 6.45) is 0. The van der Waals surface area contributed by atoms with E-state index in [0.29, 0.717) is 13.1 Å². The van der Waals surface area contributed by atoms with Crippen LogP contribution in [0.3, 0.4) is 0 Å². The average molecular weight is 279 g/mol. The second kappa shape index (κ2) is 10.3. The Labute approximate surface area is 97.6 Å². The van der Waals surface area contributed by atoms with Crippen molar-refractivity contribution in [3.05, 3.63) is 0 Å². The van der Waals surface area contributed by atoms with Crippen molar-refractivity contribution in [3.8, 4) is 0 Å². The van der Waals surface area contributed by atoms with Gasteiger partial charge in [-0.15, -0.1) is 0 Å². The summed E-state index contributed by atoms with van der Waals surface area (Å²) in [7, 11) is -2.83. The van der Waals surface area contributed by atoms with Crippen LogP contribution in [0.5, 0.6) is 0 Å². The van der Waals surface area contributed by atoms with Crippen LogP contribution in [0.4, 0.5) is 8.39 Å². The molecule has 0 aliphatic rings. The molecule has 0 fully saturated rings. The Kier molecular flexibility index (Phi) is 14.8. The Morgan fingerprint density at radius 1 is 1.14 bits per heavy atom. The maximum atomic E-state index is 11.7. The van der Waals surface area contributed by atoms with Gasteiger partial charge >= 0.3 is 8.69 Å². The molecule has 93 valence electrons. The van der Waals surface area contributed by atoms with Crippen LogP contribution in [0.15, 0.2) is 0 Å². The molecule has 0 aromatic heterocycles. The first kappa shape index (κ1) is 20.2. The van der Waals surface area contributed by atoms with Gasteiger partial charge in [-0.05, 0) is 20.8 Å². The monoisotopic (exact) mass is 278 g/mol. The summed E-state index contributed by atoms with van der Waals surface area (Å²) in [5.41, 5.74) is -0.500. The first-order valence-corrected chi connectivity index (χ1v) is 5.38. The Hall–Kier alpha value is 0.729. The molecular formula is C8H20CuF2NOP. The molecule has 0 bridgehead atoms. The van der Waals surface area contributed by atoms with Crippen molar-refractivity contribution in [1.82, 2.24) is 4.67 Å². The van der Waals surface area contributed by atoms with Crippen molar-refractivity contribution in [2.75, 3.05) is 13.1 Å². The van der Waals surface area contributed by atoms with Crippen LogP contribution in [0, 0.1) is 0 Å². The Morgan fingerprint density at radius 2 is 1.36 bits per heavy atom. The Bertz CT molecular complexity index is 112. The number of halogens is 2. The SMILES string of the molecule is CC(C)(C)O.CCN(CC)P(F)F.[Cu]. The quantitative estimate of drug-likeness (QED) is 0.633. The third kappa shape index (κ3) is 23.0. The summed E-state index contributed by atoms with van der Waals surface area (Å²) >= 11 is 0. The summed E-state index contributed by atoms with van der Waals surface area (Å²) in [5, 5.41) is 8.52. The molecule has 0 aliphatic carbocycles. The van der Waals surface area contributed by atoms with Crippen molar-refractivity contribution >= 4 is 8.69 Å². The molecule has 1 radical (unpaired) electrons. The van der Waals surface area contributed by atoms with Crippen LogP contribution >= 0.6 is 8.69 Å². The first-order chi connectivity index (χ1) is 5.72. The van der Waals surface area contributed by atoms with Gasteiger partial charge in [0.1, 0.15) is 0 Å². The average Bonchev–Trinajstić information content (AvgIpc) is 1.85. The Balaban J connectivity index is -0.000000177. The van der Waals surface area contributed by atoms with Gasteiger partial charge in [0, 0.05) is 30.2 Å². The van der Waals surface area contributed by atoms with Gasteiger partial charge in [0.2, 0.25) is 0 Å². The number of hydrogen-bond donors (Lipinski definition) is 1. The number of hydrogen-bond acceptors (Lipinski definition) is 2. The molecule has 0 aliphatic heterocycles. The summed E-state index contributed by atoms with van der Waals surface area (Å²) in [4.78, 5) is 0. The van der Waals surface area contributed by atoms with E-state index in [1.54, 1.807) is 34.6 Å². The van der Waals surface area contributed by atoms with Crippen LogP contribution in [0.1, 0.15) is 34.6 Å². The second-order valence-corrected chi connectivity index (χ2v) is 4.52. The molecule has 0 spiro atoms. The van der Waals surface area contributed by atoms with E-state index in [4.69, 9.17) is 5.11 Å². The minimum Gasteiger partial charge on any atom is -0.391 e. The topological polar surface area (TPSA) is 23.5 Å². The molecule has 0 unspecified atom stereocenters. The molecule has 1 N–H and O–H groups in total. The predicted molar refractivity (Wildman–Crippen MR) is 54.0 cm³/mol. The van der Waals surface area contributed by atoms with E-state index in [0.717, 1.165) is 4.67 Å². The van der Waals surface area contributed by atoms with Crippen molar-refractivity contribution in [2.24, 2.45) is 0 Å². The van der Waals surface area contributed by atoms with E-state index in [1.165, 1.54) is 0 Å². The molecule has 0 rings (SSSR count). The van der Waals surface area contributed by atoms with Gasteiger partial charge in [-0.2, -0.15) is 8.39 Å². The summed E-state index contributed by atoms with van der Waals surface area (Å²) in [5.74, 6) is 0. The van der Waals surface area contributed by atoms with Gasteiger partial charge in [0.05, 0.1) is 5.60 Å². The summed E-state index contributed by atoms with van der Waals surface area (Å²) in [6.45, 7) is 9.60. The minimum absolute atomic E-state index is 0. The second-order valence-electron chi connectivity index (χ2n) is 3.52. The maximum Gasteiger partial charge on any atom is 0.345 e. The number of rotatable bonds is 3. The molecule has 0 heterocycles. The molecule has 0 atom stereocenters. The maximum absolute atomic E-state index is 11.7. The van der Waals surface area contributed by atoms with Gasteiger partial charge in [-0.3, -0.25) is 0 Å². The van der Waals surface area contributed by atoms with Crippen molar-refractivity contribution in [2.45, 2.75) is 40.2 Å². The van der Waals surface area contributed by atoms with E-state index in [9.17, 15) is 8.39 Å². The first-order valence-electron chi connectivity index (χ1n) is 4.31. The molecule has 14 heavy (non-hydrogen) atoms. The zero-order chi connectivity index (χ0) is 11.1. The van der Waals surface area contributed by atoms with Crippen LogP contribution in [0.2, 0.25) is 0 Å². The van der Waals surface area contributed by atoms with E-state index in [1.807, 2.05) is 0 Å². The third-order valence-corrected chi connectivity index (χ3v) is 1.94. The van der Waals surface area contributed by atoms with Crippen molar-refractivity contribution in [3.63, 3.8) is 0 Å². The molecule has 0 aromatic rings. The van der Waals surface area contributed by atoms with Crippen LogP contribution in [-0.4, -0.2) is 28.5 Å². The van der Waals surface area contributed by atoms with Gasteiger partial charge in [0.25, 0.3) is 0 Å². The van der Waals surface area contributed by atoms with Gasteiger partial charge in [-0.1, -0.05) is 13.8 Å². The molecule has 0 saturated heterocycles. The number of nitrogens with zero attached hydrogens (tertiary/aromatic N) is 1. The summed E-state index contributed by atoms with van der Waals surface area (Å²) in [6, 6.07) is 0. The minimum atomic E-state index is -2.83. The Morgan fingerprint density at radius 3 is 1.36 bits per heavy atom.